The molecule has 2 amide bonds. The normalized spacial score (nSPS) is 10.3. The van der Waals surface area contributed by atoms with E-state index in [9.17, 15) is 4.79 Å². The van der Waals surface area contributed by atoms with Gasteiger partial charge in [-0.05, 0) is 36.1 Å². The molecule has 0 aliphatic rings. The van der Waals surface area contributed by atoms with Gasteiger partial charge in [0.2, 0.25) is 0 Å². The quantitative estimate of drug-likeness (QED) is 0.887. The second-order valence-corrected chi connectivity index (χ2v) is 5.76. The van der Waals surface area contributed by atoms with E-state index in [1.54, 1.807) is 11.9 Å². The molecule has 0 saturated heterocycles. The van der Waals surface area contributed by atoms with Crippen LogP contribution in [0.15, 0.2) is 48.5 Å². The summed E-state index contributed by atoms with van der Waals surface area (Å²) in [4.78, 5) is 13.7. The Hall–Kier alpha value is -2.00. The van der Waals surface area contributed by atoms with Crippen molar-refractivity contribution in [2.75, 3.05) is 13.6 Å². The maximum absolute atomic E-state index is 12.1. The van der Waals surface area contributed by atoms with Gasteiger partial charge < -0.3 is 10.2 Å². The highest BCUT2D eigenvalue weighted by molar-refractivity contribution is 6.31. The van der Waals surface area contributed by atoms with Gasteiger partial charge in [0, 0.05) is 25.2 Å². The third kappa shape index (κ3) is 4.50. The van der Waals surface area contributed by atoms with Crippen molar-refractivity contribution in [2.24, 2.45) is 0 Å². The number of carbonyl (C=O) groups is 1. The number of rotatable bonds is 5. The van der Waals surface area contributed by atoms with Crippen LogP contribution in [0.5, 0.6) is 0 Å². The molecule has 0 unspecified atom stereocenters. The fourth-order valence-electron chi connectivity index (χ4n) is 2.28. The van der Waals surface area contributed by atoms with Gasteiger partial charge in [-0.15, -0.1) is 0 Å². The van der Waals surface area contributed by atoms with Crippen molar-refractivity contribution in [3.63, 3.8) is 0 Å². The summed E-state index contributed by atoms with van der Waals surface area (Å²) in [5.41, 5.74) is 3.46. The van der Waals surface area contributed by atoms with E-state index in [-0.39, 0.29) is 6.03 Å². The SMILES string of the molecule is Cc1ccccc1CCNC(=O)N(C)Cc1ccccc1Cl. The van der Waals surface area contributed by atoms with E-state index in [0.717, 1.165) is 12.0 Å². The highest BCUT2D eigenvalue weighted by Crippen LogP contribution is 2.16. The first-order chi connectivity index (χ1) is 10.6. The monoisotopic (exact) mass is 316 g/mol. The Kier molecular flexibility index (Phi) is 5.84. The van der Waals surface area contributed by atoms with Crippen molar-refractivity contribution in [1.82, 2.24) is 10.2 Å². The lowest BCUT2D eigenvalue weighted by molar-refractivity contribution is 0.207. The van der Waals surface area contributed by atoms with Gasteiger partial charge in [-0.2, -0.15) is 0 Å². The Morgan fingerprint density at radius 3 is 2.41 bits per heavy atom. The number of benzene rings is 2. The molecule has 0 bridgehead atoms. The predicted molar refractivity (Wildman–Crippen MR) is 91.2 cm³/mol. The summed E-state index contributed by atoms with van der Waals surface area (Å²) in [6, 6.07) is 15.7. The van der Waals surface area contributed by atoms with Crippen LogP contribution in [0.25, 0.3) is 0 Å². The molecule has 22 heavy (non-hydrogen) atoms. The van der Waals surface area contributed by atoms with E-state index in [1.165, 1.54) is 11.1 Å². The van der Waals surface area contributed by atoms with Crippen LogP contribution in [-0.2, 0) is 13.0 Å². The first kappa shape index (κ1) is 16.4. The van der Waals surface area contributed by atoms with Crippen LogP contribution in [0.1, 0.15) is 16.7 Å². The van der Waals surface area contributed by atoms with E-state index in [1.807, 2.05) is 36.4 Å². The van der Waals surface area contributed by atoms with Gasteiger partial charge in [-0.25, -0.2) is 4.79 Å². The molecule has 0 radical (unpaired) electrons. The number of amides is 2. The Morgan fingerprint density at radius 1 is 1.09 bits per heavy atom. The van der Waals surface area contributed by atoms with Crippen LogP contribution in [0, 0.1) is 6.92 Å². The average Bonchev–Trinajstić information content (AvgIpc) is 2.51. The molecule has 0 aliphatic carbocycles. The van der Waals surface area contributed by atoms with Crippen LogP contribution in [0.4, 0.5) is 4.79 Å². The van der Waals surface area contributed by atoms with Crippen molar-refractivity contribution in [1.29, 1.82) is 0 Å². The Labute approximate surface area is 136 Å². The van der Waals surface area contributed by atoms with Crippen molar-refractivity contribution >= 4 is 17.6 Å². The van der Waals surface area contributed by atoms with Gasteiger partial charge >= 0.3 is 6.03 Å². The minimum atomic E-state index is -0.0893. The van der Waals surface area contributed by atoms with Gasteiger partial charge in [-0.1, -0.05) is 54.1 Å². The summed E-state index contributed by atoms with van der Waals surface area (Å²) in [7, 11) is 1.77. The molecule has 0 aliphatic heterocycles. The van der Waals surface area contributed by atoms with Gasteiger partial charge in [0.25, 0.3) is 0 Å². The number of aryl methyl sites for hydroxylation is 1. The third-order valence-corrected chi connectivity index (χ3v) is 4.01. The van der Waals surface area contributed by atoms with E-state index in [2.05, 4.69) is 24.4 Å². The maximum Gasteiger partial charge on any atom is 0.317 e. The molecule has 2 rings (SSSR count). The lowest BCUT2D eigenvalue weighted by Gasteiger charge is -2.19. The minimum Gasteiger partial charge on any atom is -0.338 e. The molecule has 1 N–H and O–H groups in total. The standard InChI is InChI=1S/C18H21ClN2O/c1-14-7-3-4-8-15(14)11-12-20-18(22)21(2)13-16-9-5-6-10-17(16)19/h3-10H,11-13H2,1-2H3,(H,20,22). The Bertz CT molecular complexity index is 642. The largest absolute Gasteiger partial charge is 0.338 e. The number of halogens is 1. The minimum absolute atomic E-state index is 0.0893. The summed E-state index contributed by atoms with van der Waals surface area (Å²) >= 11 is 6.12. The number of hydrogen-bond acceptors (Lipinski definition) is 1. The van der Waals surface area contributed by atoms with Gasteiger partial charge in [0.15, 0.2) is 0 Å². The first-order valence-corrected chi connectivity index (χ1v) is 7.72. The topological polar surface area (TPSA) is 32.3 Å². The zero-order valence-electron chi connectivity index (χ0n) is 13.0. The van der Waals surface area contributed by atoms with Crippen molar-refractivity contribution < 1.29 is 4.79 Å². The molecule has 0 fully saturated rings. The molecule has 3 nitrogen and oxygen atoms in total. The van der Waals surface area contributed by atoms with Crippen LogP contribution >= 0.6 is 11.6 Å². The molecule has 0 atom stereocenters. The van der Waals surface area contributed by atoms with Gasteiger partial charge in [0.1, 0.15) is 0 Å². The molecule has 4 heteroatoms. The fourth-order valence-corrected chi connectivity index (χ4v) is 2.48. The highest BCUT2D eigenvalue weighted by atomic mass is 35.5. The number of carbonyl (C=O) groups excluding carboxylic acids is 1. The second-order valence-electron chi connectivity index (χ2n) is 5.36. The molecule has 0 spiro atoms. The van der Waals surface area contributed by atoms with Gasteiger partial charge in [0.05, 0.1) is 0 Å². The summed E-state index contributed by atoms with van der Waals surface area (Å²) in [5.74, 6) is 0. The zero-order chi connectivity index (χ0) is 15.9. The van der Waals surface area contributed by atoms with Crippen LogP contribution in [-0.4, -0.2) is 24.5 Å². The summed E-state index contributed by atoms with van der Waals surface area (Å²) in [6.45, 7) is 3.20. The molecule has 0 saturated carbocycles. The lowest BCUT2D eigenvalue weighted by atomic mass is 10.1. The molecule has 0 aromatic heterocycles. The number of nitrogens with zero attached hydrogens (tertiary/aromatic N) is 1. The van der Waals surface area contributed by atoms with E-state index in [4.69, 9.17) is 11.6 Å². The van der Waals surface area contributed by atoms with Gasteiger partial charge in [-0.3, -0.25) is 0 Å². The highest BCUT2D eigenvalue weighted by Gasteiger charge is 2.10. The first-order valence-electron chi connectivity index (χ1n) is 7.35. The van der Waals surface area contributed by atoms with Crippen molar-refractivity contribution in [3.05, 3.63) is 70.2 Å². The number of nitrogens with one attached hydrogen (secondary N) is 1. The predicted octanol–water partition coefficient (Wildman–Crippen LogP) is 4.03. The van der Waals surface area contributed by atoms with Crippen LogP contribution < -0.4 is 5.32 Å². The maximum atomic E-state index is 12.1. The smallest absolute Gasteiger partial charge is 0.317 e. The molecular weight excluding hydrogens is 296 g/mol. The van der Waals surface area contributed by atoms with Crippen molar-refractivity contribution in [2.45, 2.75) is 19.9 Å². The lowest BCUT2D eigenvalue weighted by Crippen LogP contribution is -2.37. The zero-order valence-corrected chi connectivity index (χ0v) is 13.7. The Morgan fingerprint density at radius 2 is 1.73 bits per heavy atom. The molecule has 116 valence electrons. The molecular formula is C18H21ClN2O. The van der Waals surface area contributed by atoms with Crippen LogP contribution in [0.3, 0.4) is 0 Å². The molecule has 2 aromatic carbocycles. The summed E-state index contributed by atoms with van der Waals surface area (Å²) in [5, 5.41) is 3.62. The summed E-state index contributed by atoms with van der Waals surface area (Å²) in [6.07, 6.45) is 0.832. The molecule has 2 aromatic rings. The average molecular weight is 317 g/mol. The number of urea groups is 1. The van der Waals surface area contributed by atoms with E-state index in [0.29, 0.717) is 18.1 Å². The fraction of sp³-hybridized carbons (Fsp3) is 0.278. The summed E-state index contributed by atoms with van der Waals surface area (Å²) < 4.78 is 0. The second kappa shape index (κ2) is 7.85. The van der Waals surface area contributed by atoms with E-state index < -0.39 is 0 Å². The third-order valence-electron chi connectivity index (χ3n) is 3.64. The van der Waals surface area contributed by atoms with Crippen LogP contribution in [0.2, 0.25) is 5.02 Å². The number of hydrogen-bond donors (Lipinski definition) is 1. The molecule has 0 heterocycles. The Balaban J connectivity index is 1.82. The van der Waals surface area contributed by atoms with Crippen molar-refractivity contribution in [3.8, 4) is 0 Å². The van der Waals surface area contributed by atoms with E-state index >= 15 is 0 Å².